The molecular formula is C16H17BrO. The summed E-state index contributed by atoms with van der Waals surface area (Å²) >= 11 is 3.59. The van der Waals surface area contributed by atoms with Crippen LogP contribution in [0.15, 0.2) is 53.0 Å². The Labute approximate surface area is 117 Å². The quantitative estimate of drug-likeness (QED) is 0.759. The van der Waals surface area contributed by atoms with E-state index in [0.29, 0.717) is 5.92 Å². The van der Waals surface area contributed by atoms with Gasteiger partial charge in [0.1, 0.15) is 5.75 Å². The molecule has 0 saturated carbocycles. The second kappa shape index (κ2) is 6.05. The van der Waals surface area contributed by atoms with Crippen LogP contribution in [0.25, 0.3) is 11.1 Å². The Bertz CT molecular complexity index is 520. The summed E-state index contributed by atoms with van der Waals surface area (Å²) in [7, 11) is 0. The Morgan fingerprint density at radius 3 is 2.22 bits per heavy atom. The predicted molar refractivity (Wildman–Crippen MR) is 79.9 cm³/mol. The highest BCUT2D eigenvalue weighted by atomic mass is 79.9. The van der Waals surface area contributed by atoms with Gasteiger partial charge in [0.25, 0.3) is 0 Å². The Hall–Kier alpha value is -1.28. The van der Waals surface area contributed by atoms with E-state index < -0.39 is 0 Å². The molecule has 94 valence electrons. The first-order valence-electron chi connectivity index (χ1n) is 6.15. The van der Waals surface area contributed by atoms with Gasteiger partial charge < -0.3 is 4.74 Å². The highest BCUT2D eigenvalue weighted by Crippen LogP contribution is 2.34. The van der Waals surface area contributed by atoms with Crippen LogP contribution in [-0.4, -0.2) is 6.61 Å². The Balaban J connectivity index is 2.36. The fourth-order valence-corrected chi connectivity index (χ4v) is 2.25. The molecule has 0 bridgehead atoms. The number of ether oxygens (including phenoxy) is 1. The van der Waals surface area contributed by atoms with E-state index in [4.69, 9.17) is 4.74 Å². The normalized spacial score (nSPS) is 10.7. The standard InChI is InChI=1S/C16H17BrO/c1-12(2)11-18-16-10-6-4-8-14(16)13-7-3-5-9-15(13)17/h3-10,12H,11H2,1-2H3. The molecule has 0 aliphatic heterocycles. The molecule has 0 fully saturated rings. The van der Waals surface area contributed by atoms with Crippen LogP contribution in [0.4, 0.5) is 0 Å². The Kier molecular flexibility index (Phi) is 4.43. The summed E-state index contributed by atoms with van der Waals surface area (Å²) < 4.78 is 6.98. The van der Waals surface area contributed by atoms with Gasteiger partial charge in [0.2, 0.25) is 0 Å². The van der Waals surface area contributed by atoms with Gasteiger partial charge in [-0.3, -0.25) is 0 Å². The maximum atomic E-state index is 5.89. The molecule has 0 heterocycles. The van der Waals surface area contributed by atoms with Crippen LogP contribution >= 0.6 is 15.9 Å². The number of hydrogen-bond donors (Lipinski definition) is 0. The van der Waals surface area contributed by atoms with E-state index in [1.54, 1.807) is 0 Å². The van der Waals surface area contributed by atoms with Crippen molar-refractivity contribution in [3.8, 4) is 16.9 Å². The molecule has 0 aliphatic rings. The molecule has 0 amide bonds. The minimum absolute atomic E-state index is 0.525. The fraction of sp³-hybridized carbons (Fsp3) is 0.250. The molecule has 0 atom stereocenters. The summed E-state index contributed by atoms with van der Waals surface area (Å²) in [6.07, 6.45) is 0. The number of para-hydroxylation sites is 1. The molecule has 1 nitrogen and oxygen atoms in total. The summed E-state index contributed by atoms with van der Waals surface area (Å²) in [5, 5.41) is 0. The third kappa shape index (κ3) is 3.14. The number of rotatable bonds is 4. The van der Waals surface area contributed by atoms with Gasteiger partial charge >= 0.3 is 0 Å². The second-order valence-electron chi connectivity index (χ2n) is 4.68. The smallest absolute Gasteiger partial charge is 0.127 e. The minimum Gasteiger partial charge on any atom is -0.493 e. The van der Waals surface area contributed by atoms with Gasteiger partial charge in [-0.05, 0) is 23.6 Å². The molecule has 0 unspecified atom stereocenters. The Morgan fingerprint density at radius 1 is 0.944 bits per heavy atom. The minimum atomic E-state index is 0.525. The molecule has 0 spiro atoms. The van der Waals surface area contributed by atoms with Crippen molar-refractivity contribution < 1.29 is 4.74 Å². The maximum Gasteiger partial charge on any atom is 0.127 e. The number of halogens is 1. The maximum absolute atomic E-state index is 5.89. The zero-order valence-corrected chi connectivity index (χ0v) is 12.3. The lowest BCUT2D eigenvalue weighted by Crippen LogP contribution is -2.05. The summed E-state index contributed by atoms with van der Waals surface area (Å²) in [5.41, 5.74) is 2.29. The zero-order chi connectivity index (χ0) is 13.0. The van der Waals surface area contributed by atoms with Crippen molar-refractivity contribution in [2.24, 2.45) is 5.92 Å². The van der Waals surface area contributed by atoms with Crippen LogP contribution in [0.5, 0.6) is 5.75 Å². The van der Waals surface area contributed by atoms with E-state index in [0.717, 1.165) is 28.0 Å². The highest BCUT2D eigenvalue weighted by Gasteiger charge is 2.08. The average molecular weight is 305 g/mol. The lowest BCUT2D eigenvalue weighted by molar-refractivity contribution is 0.272. The van der Waals surface area contributed by atoms with Crippen LogP contribution in [0, 0.1) is 5.92 Å². The zero-order valence-electron chi connectivity index (χ0n) is 10.7. The van der Waals surface area contributed by atoms with Gasteiger partial charge in [0.05, 0.1) is 6.61 Å². The van der Waals surface area contributed by atoms with E-state index in [9.17, 15) is 0 Å². The van der Waals surface area contributed by atoms with Gasteiger partial charge in [-0.1, -0.05) is 66.2 Å². The van der Waals surface area contributed by atoms with Gasteiger partial charge in [0, 0.05) is 10.0 Å². The Morgan fingerprint density at radius 2 is 1.56 bits per heavy atom. The van der Waals surface area contributed by atoms with Gasteiger partial charge in [0.15, 0.2) is 0 Å². The summed E-state index contributed by atoms with van der Waals surface area (Å²) in [5.74, 6) is 1.47. The average Bonchev–Trinajstić information content (AvgIpc) is 2.37. The van der Waals surface area contributed by atoms with E-state index in [2.05, 4.69) is 48.0 Å². The van der Waals surface area contributed by atoms with E-state index in [1.165, 1.54) is 0 Å². The molecule has 0 radical (unpaired) electrons. The van der Waals surface area contributed by atoms with Crippen molar-refractivity contribution in [3.63, 3.8) is 0 Å². The van der Waals surface area contributed by atoms with Crippen molar-refractivity contribution in [1.29, 1.82) is 0 Å². The van der Waals surface area contributed by atoms with E-state index >= 15 is 0 Å². The molecule has 2 rings (SSSR count). The lowest BCUT2D eigenvalue weighted by atomic mass is 10.0. The summed E-state index contributed by atoms with van der Waals surface area (Å²) in [4.78, 5) is 0. The van der Waals surface area contributed by atoms with Crippen LogP contribution in [0.2, 0.25) is 0 Å². The fourth-order valence-electron chi connectivity index (χ4n) is 1.75. The molecule has 0 aliphatic carbocycles. The topological polar surface area (TPSA) is 9.23 Å². The first-order chi connectivity index (χ1) is 8.68. The van der Waals surface area contributed by atoms with Crippen LogP contribution < -0.4 is 4.74 Å². The molecule has 0 saturated heterocycles. The predicted octanol–water partition coefficient (Wildman–Crippen LogP) is 5.15. The lowest BCUT2D eigenvalue weighted by Gasteiger charge is -2.14. The van der Waals surface area contributed by atoms with Gasteiger partial charge in [-0.2, -0.15) is 0 Å². The van der Waals surface area contributed by atoms with Crippen LogP contribution in [-0.2, 0) is 0 Å². The monoisotopic (exact) mass is 304 g/mol. The molecule has 2 heteroatoms. The van der Waals surface area contributed by atoms with Crippen LogP contribution in [0.3, 0.4) is 0 Å². The summed E-state index contributed by atoms with van der Waals surface area (Å²) in [6, 6.07) is 16.4. The van der Waals surface area contributed by atoms with Gasteiger partial charge in [-0.15, -0.1) is 0 Å². The SMILES string of the molecule is CC(C)COc1ccccc1-c1ccccc1Br. The number of benzene rings is 2. The first-order valence-corrected chi connectivity index (χ1v) is 6.94. The second-order valence-corrected chi connectivity index (χ2v) is 5.54. The molecule has 2 aromatic rings. The summed E-state index contributed by atoms with van der Waals surface area (Å²) in [6.45, 7) is 5.05. The third-order valence-electron chi connectivity index (χ3n) is 2.62. The molecule has 0 N–H and O–H groups in total. The molecular weight excluding hydrogens is 288 g/mol. The highest BCUT2D eigenvalue weighted by molar-refractivity contribution is 9.10. The number of hydrogen-bond acceptors (Lipinski definition) is 1. The van der Waals surface area contributed by atoms with E-state index in [-0.39, 0.29) is 0 Å². The van der Waals surface area contributed by atoms with Crippen molar-refractivity contribution in [2.45, 2.75) is 13.8 Å². The molecule has 18 heavy (non-hydrogen) atoms. The molecule has 0 aromatic heterocycles. The van der Waals surface area contributed by atoms with Crippen molar-refractivity contribution in [3.05, 3.63) is 53.0 Å². The molecule has 2 aromatic carbocycles. The first kappa shape index (κ1) is 13.2. The largest absolute Gasteiger partial charge is 0.493 e. The van der Waals surface area contributed by atoms with E-state index in [1.807, 2.05) is 30.3 Å². The van der Waals surface area contributed by atoms with Crippen molar-refractivity contribution in [2.75, 3.05) is 6.61 Å². The van der Waals surface area contributed by atoms with Crippen LogP contribution in [0.1, 0.15) is 13.8 Å². The third-order valence-corrected chi connectivity index (χ3v) is 3.31. The van der Waals surface area contributed by atoms with Gasteiger partial charge in [-0.25, -0.2) is 0 Å². The van der Waals surface area contributed by atoms with Crippen molar-refractivity contribution in [1.82, 2.24) is 0 Å². The van der Waals surface area contributed by atoms with Crippen molar-refractivity contribution >= 4 is 15.9 Å².